The van der Waals surface area contributed by atoms with Gasteiger partial charge in [0.25, 0.3) is 5.82 Å². The van der Waals surface area contributed by atoms with E-state index in [1.165, 1.54) is 12.3 Å². The van der Waals surface area contributed by atoms with E-state index in [2.05, 4.69) is 14.9 Å². The Labute approximate surface area is 99.5 Å². The Morgan fingerprint density at radius 2 is 2.11 bits per heavy atom. The number of hydrogen-bond donors (Lipinski definition) is 1. The van der Waals surface area contributed by atoms with Crippen molar-refractivity contribution in [1.29, 1.82) is 0 Å². The largest absolute Gasteiger partial charge is 0.422 e. The number of nitrogens with two attached hydrogens (primary N) is 1. The molecule has 2 rings (SSSR count). The molecule has 0 aliphatic rings. The molecule has 2 heterocycles. The van der Waals surface area contributed by atoms with Gasteiger partial charge in [-0.3, -0.25) is 0 Å². The van der Waals surface area contributed by atoms with Gasteiger partial charge in [0.2, 0.25) is 5.82 Å². The molecule has 5 nitrogen and oxygen atoms in total. The molecule has 0 aliphatic carbocycles. The maximum Gasteiger partial charge on any atom is 0.422 e. The molecule has 0 aliphatic heterocycles. The topological polar surface area (TPSA) is 61.1 Å². The van der Waals surface area contributed by atoms with Gasteiger partial charge in [-0.15, -0.1) is 9.78 Å². The van der Waals surface area contributed by atoms with Crippen LogP contribution in [0.1, 0.15) is 5.56 Å². The van der Waals surface area contributed by atoms with E-state index in [4.69, 9.17) is 12.3 Å². The first kappa shape index (κ1) is 11.9. The van der Waals surface area contributed by atoms with Crippen LogP contribution in [0.4, 0.5) is 24.7 Å². The fourth-order valence-electron chi connectivity index (χ4n) is 1.40. The number of alkyl halides is 3. The number of pyridine rings is 1. The average molecular weight is 253 g/mol. The minimum absolute atomic E-state index is 0.0576. The Morgan fingerprint density at radius 1 is 1.39 bits per heavy atom. The van der Waals surface area contributed by atoms with E-state index < -0.39 is 17.6 Å². The zero-order chi connectivity index (χ0) is 13.3. The third-order valence-electron chi connectivity index (χ3n) is 2.13. The van der Waals surface area contributed by atoms with Crippen molar-refractivity contribution in [1.82, 2.24) is 14.8 Å². The van der Waals surface area contributed by atoms with E-state index in [0.29, 0.717) is 0 Å². The molecule has 0 amide bonds. The summed E-state index contributed by atoms with van der Waals surface area (Å²) in [4.78, 5) is 6.67. The number of aromatic nitrogens is 3. The van der Waals surface area contributed by atoms with E-state index in [1.807, 2.05) is 0 Å². The van der Waals surface area contributed by atoms with Crippen LogP contribution in [0.3, 0.4) is 0 Å². The van der Waals surface area contributed by atoms with Gasteiger partial charge in [0.15, 0.2) is 0 Å². The summed E-state index contributed by atoms with van der Waals surface area (Å²) in [6.45, 7) is 6.85. The number of rotatable bonds is 1. The number of halogens is 3. The number of nitrogen functional groups attached to an aromatic ring is 1. The van der Waals surface area contributed by atoms with Crippen molar-refractivity contribution < 1.29 is 13.2 Å². The Hall–Kier alpha value is -2.56. The van der Waals surface area contributed by atoms with Crippen LogP contribution in [-0.4, -0.2) is 14.8 Å². The lowest BCUT2D eigenvalue weighted by Crippen LogP contribution is -2.13. The summed E-state index contributed by atoms with van der Waals surface area (Å²) >= 11 is 0. The summed E-state index contributed by atoms with van der Waals surface area (Å²) in [7, 11) is 0. The smallest absolute Gasteiger partial charge is 0.397 e. The zero-order valence-corrected chi connectivity index (χ0v) is 8.81. The van der Waals surface area contributed by atoms with Gasteiger partial charge >= 0.3 is 6.18 Å². The highest BCUT2D eigenvalue weighted by atomic mass is 19.4. The molecule has 8 heteroatoms. The Kier molecular flexibility index (Phi) is 2.67. The van der Waals surface area contributed by atoms with Gasteiger partial charge in [-0.05, 0) is 12.1 Å². The summed E-state index contributed by atoms with van der Waals surface area (Å²) < 4.78 is 39.4. The van der Waals surface area contributed by atoms with Crippen LogP contribution < -0.4 is 5.73 Å². The second-order valence-electron chi connectivity index (χ2n) is 3.35. The number of hydrogen-bond acceptors (Lipinski definition) is 3. The van der Waals surface area contributed by atoms with Crippen LogP contribution in [-0.2, 0) is 6.18 Å². The first-order chi connectivity index (χ1) is 8.43. The predicted octanol–water partition coefficient (Wildman–Crippen LogP) is 2.42. The molecule has 0 fully saturated rings. The van der Waals surface area contributed by atoms with Crippen molar-refractivity contribution in [2.45, 2.75) is 6.18 Å². The average Bonchev–Trinajstić information content (AvgIpc) is 2.75. The monoisotopic (exact) mass is 253 g/mol. The van der Waals surface area contributed by atoms with Gasteiger partial charge in [-0.2, -0.15) is 13.2 Å². The predicted molar refractivity (Wildman–Crippen MR) is 57.0 cm³/mol. The Morgan fingerprint density at radius 3 is 2.72 bits per heavy atom. The Balaban J connectivity index is 2.69. The molecular weight excluding hydrogens is 247 g/mol. The van der Waals surface area contributed by atoms with Crippen molar-refractivity contribution in [2.24, 2.45) is 0 Å². The molecule has 92 valence electrons. The zero-order valence-electron chi connectivity index (χ0n) is 8.81. The second kappa shape index (κ2) is 4.03. The lowest BCUT2D eigenvalue weighted by atomic mass is 10.2. The quantitative estimate of drug-likeness (QED) is 0.794. The minimum atomic E-state index is -4.62. The molecule has 0 atom stereocenters. The van der Waals surface area contributed by atoms with E-state index in [9.17, 15) is 13.2 Å². The van der Waals surface area contributed by atoms with Crippen molar-refractivity contribution in [2.75, 3.05) is 5.73 Å². The van der Waals surface area contributed by atoms with E-state index >= 15 is 0 Å². The molecule has 0 bridgehead atoms. The molecule has 2 aromatic rings. The maximum atomic E-state index is 12.8. The maximum absolute atomic E-state index is 12.8. The standard InChI is InChI=1S/C10H6F3N5/c1-15-8-2-3-17-18(8)9-7(10(11,12)13)4-6(14)5-16-9/h2-5H,14H2. The first-order valence-electron chi connectivity index (χ1n) is 4.68. The molecule has 0 saturated heterocycles. The van der Waals surface area contributed by atoms with Crippen molar-refractivity contribution in [3.05, 3.63) is 41.5 Å². The summed E-state index contributed by atoms with van der Waals surface area (Å²) in [5.74, 6) is -0.523. The molecule has 0 aromatic carbocycles. The molecule has 2 N–H and O–H groups in total. The molecule has 18 heavy (non-hydrogen) atoms. The summed E-state index contributed by atoms with van der Waals surface area (Å²) in [6.07, 6.45) is -2.31. The highest BCUT2D eigenvalue weighted by Gasteiger charge is 2.37. The number of anilines is 1. The molecule has 2 aromatic heterocycles. The van der Waals surface area contributed by atoms with Crippen LogP contribution in [0, 0.1) is 6.57 Å². The number of nitrogens with zero attached hydrogens (tertiary/aromatic N) is 4. The van der Waals surface area contributed by atoms with Gasteiger partial charge in [0.05, 0.1) is 18.1 Å². The highest BCUT2D eigenvalue weighted by Crippen LogP contribution is 2.34. The Bertz CT molecular complexity index is 623. The van der Waals surface area contributed by atoms with Crippen molar-refractivity contribution in [3.63, 3.8) is 0 Å². The third-order valence-corrected chi connectivity index (χ3v) is 2.13. The van der Waals surface area contributed by atoms with Gasteiger partial charge in [0, 0.05) is 0 Å². The van der Waals surface area contributed by atoms with Crippen LogP contribution in [0.5, 0.6) is 0 Å². The highest BCUT2D eigenvalue weighted by molar-refractivity contribution is 5.51. The molecule has 0 unspecified atom stereocenters. The fourth-order valence-corrected chi connectivity index (χ4v) is 1.40. The van der Waals surface area contributed by atoms with E-state index in [0.717, 1.165) is 16.9 Å². The normalized spacial score (nSPS) is 11.2. The van der Waals surface area contributed by atoms with Gasteiger partial charge in [-0.25, -0.2) is 4.98 Å². The fraction of sp³-hybridized carbons (Fsp3) is 0.100. The van der Waals surface area contributed by atoms with Gasteiger partial charge < -0.3 is 10.6 Å². The SMILES string of the molecule is [C-]#[N+]c1ccnn1-c1ncc(N)cc1C(F)(F)F. The van der Waals surface area contributed by atoms with E-state index in [-0.39, 0.29) is 11.5 Å². The van der Waals surface area contributed by atoms with Crippen molar-refractivity contribution >= 4 is 11.5 Å². The molecular formula is C10H6F3N5. The van der Waals surface area contributed by atoms with Gasteiger partial charge in [-0.1, -0.05) is 6.57 Å². The molecule has 0 radical (unpaired) electrons. The third kappa shape index (κ3) is 1.98. The molecule has 0 spiro atoms. The first-order valence-corrected chi connectivity index (χ1v) is 4.68. The second-order valence-corrected chi connectivity index (χ2v) is 3.35. The lowest BCUT2D eigenvalue weighted by Gasteiger charge is -2.10. The lowest BCUT2D eigenvalue weighted by molar-refractivity contribution is -0.137. The molecule has 0 saturated carbocycles. The summed E-state index contributed by atoms with van der Waals surface area (Å²) in [5.41, 5.74) is 4.16. The minimum Gasteiger partial charge on any atom is -0.397 e. The van der Waals surface area contributed by atoms with Crippen LogP contribution in [0.25, 0.3) is 10.7 Å². The van der Waals surface area contributed by atoms with Crippen LogP contribution in [0.2, 0.25) is 0 Å². The van der Waals surface area contributed by atoms with E-state index in [1.54, 1.807) is 0 Å². The summed E-state index contributed by atoms with van der Waals surface area (Å²) in [6, 6.07) is 2.06. The van der Waals surface area contributed by atoms with Crippen LogP contribution >= 0.6 is 0 Å². The summed E-state index contributed by atoms with van der Waals surface area (Å²) in [5, 5.41) is 3.66. The van der Waals surface area contributed by atoms with Crippen LogP contribution in [0.15, 0.2) is 24.5 Å². The van der Waals surface area contributed by atoms with Crippen molar-refractivity contribution in [3.8, 4) is 5.82 Å². The van der Waals surface area contributed by atoms with Gasteiger partial charge in [0.1, 0.15) is 5.56 Å².